The van der Waals surface area contributed by atoms with Crippen molar-refractivity contribution in [3.05, 3.63) is 100 Å². The second-order valence-corrected chi connectivity index (χ2v) is 8.13. The van der Waals surface area contributed by atoms with Gasteiger partial charge >= 0.3 is 0 Å². The average Bonchev–Trinajstić information content (AvgIpc) is 3.19. The van der Waals surface area contributed by atoms with Crippen LogP contribution in [0.2, 0.25) is 5.02 Å². The number of aryl methyl sites for hydroxylation is 2. The highest BCUT2D eigenvalue weighted by Crippen LogP contribution is 2.21. The first-order valence-electron chi connectivity index (χ1n) is 10.5. The molecule has 0 aliphatic rings. The summed E-state index contributed by atoms with van der Waals surface area (Å²) < 4.78 is 0. The first-order valence-corrected chi connectivity index (χ1v) is 10.9. The number of anilines is 1. The fraction of sp³-hybridized carbons (Fsp3) is 0.154. The van der Waals surface area contributed by atoms with Crippen molar-refractivity contribution in [2.24, 2.45) is 4.99 Å². The van der Waals surface area contributed by atoms with Gasteiger partial charge in [-0.05, 0) is 61.2 Å². The van der Waals surface area contributed by atoms with Crippen molar-refractivity contribution in [1.82, 2.24) is 10.3 Å². The van der Waals surface area contributed by atoms with Crippen molar-refractivity contribution in [3.8, 4) is 0 Å². The third-order valence-corrected chi connectivity index (χ3v) is 5.64. The standard InChI is InChI=1S/C26H25ClN4O/c1-17-7-3-4-8-21(17)25(32)31-26(30-24-15-20(27)12-11-18(24)2)28-14-13-19-16-29-23-10-6-5-9-22(19)23/h3-12,15-16,29H,13-14H2,1-2H3,(H2,28,30,31,32). The van der Waals surface area contributed by atoms with E-state index in [9.17, 15) is 4.79 Å². The van der Waals surface area contributed by atoms with Crippen molar-refractivity contribution < 1.29 is 4.79 Å². The molecule has 0 saturated carbocycles. The molecule has 3 aromatic carbocycles. The van der Waals surface area contributed by atoms with Gasteiger partial charge in [-0.1, -0.05) is 54.1 Å². The Labute approximate surface area is 192 Å². The quantitative estimate of drug-likeness (QED) is 0.266. The maximum Gasteiger partial charge on any atom is 0.258 e. The predicted molar refractivity (Wildman–Crippen MR) is 133 cm³/mol. The Kier molecular flexibility index (Phi) is 6.57. The molecule has 4 rings (SSSR count). The molecule has 0 fully saturated rings. The normalized spacial score (nSPS) is 11.5. The van der Waals surface area contributed by atoms with Crippen molar-refractivity contribution in [3.63, 3.8) is 0 Å². The molecule has 162 valence electrons. The van der Waals surface area contributed by atoms with Crippen molar-refractivity contribution in [2.75, 3.05) is 11.9 Å². The molecule has 4 aromatic rings. The number of fused-ring (bicyclic) bond motifs is 1. The number of carbonyl (C=O) groups is 1. The van der Waals surface area contributed by atoms with Crippen LogP contribution in [0.1, 0.15) is 27.0 Å². The monoisotopic (exact) mass is 444 g/mol. The number of para-hydroxylation sites is 1. The molecule has 5 nitrogen and oxygen atoms in total. The zero-order valence-electron chi connectivity index (χ0n) is 18.1. The third kappa shape index (κ3) is 5.01. The first-order chi connectivity index (χ1) is 15.5. The van der Waals surface area contributed by atoms with E-state index in [2.05, 4.69) is 32.7 Å². The van der Waals surface area contributed by atoms with E-state index in [-0.39, 0.29) is 5.91 Å². The molecule has 1 aromatic heterocycles. The minimum absolute atomic E-state index is 0.207. The summed E-state index contributed by atoms with van der Waals surface area (Å²) in [4.78, 5) is 20.9. The van der Waals surface area contributed by atoms with Gasteiger partial charge in [0.2, 0.25) is 5.96 Å². The van der Waals surface area contributed by atoms with E-state index < -0.39 is 0 Å². The van der Waals surface area contributed by atoms with Crippen molar-refractivity contribution in [1.29, 1.82) is 0 Å². The van der Waals surface area contributed by atoms with E-state index in [1.807, 2.05) is 68.6 Å². The van der Waals surface area contributed by atoms with Gasteiger partial charge in [0.25, 0.3) is 5.91 Å². The summed E-state index contributed by atoms with van der Waals surface area (Å²) in [6.07, 6.45) is 2.75. The van der Waals surface area contributed by atoms with Crippen molar-refractivity contribution >= 4 is 40.1 Å². The Bertz CT molecular complexity index is 1290. The molecule has 32 heavy (non-hydrogen) atoms. The van der Waals surface area contributed by atoms with Crippen LogP contribution in [0.5, 0.6) is 0 Å². The maximum absolute atomic E-state index is 12.9. The summed E-state index contributed by atoms with van der Waals surface area (Å²) in [5, 5.41) is 7.99. The zero-order valence-corrected chi connectivity index (χ0v) is 18.8. The molecule has 0 radical (unpaired) electrons. The van der Waals surface area contributed by atoms with E-state index in [0.29, 0.717) is 23.1 Å². The van der Waals surface area contributed by atoms with E-state index in [4.69, 9.17) is 11.6 Å². The van der Waals surface area contributed by atoms with Crippen LogP contribution in [0.4, 0.5) is 5.69 Å². The lowest BCUT2D eigenvalue weighted by atomic mass is 10.1. The van der Waals surface area contributed by atoms with Gasteiger partial charge in [-0.15, -0.1) is 0 Å². The van der Waals surface area contributed by atoms with Crippen LogP contribution in [-0.4, -0.2) is 23.4 Å². The van der Waals surface area contributed by atoms with Gasteiger partial charge in [-0.3, -0.25) is 15.1 Å². The largest absolute Gasteiger partial charge is 0.361 e. The Morgan fingerprint density at radius 1 is 1.00 bits per heavy atom. The molecule has 3 N–H and O–H groups in total. The fourth-order valence-electron chi connectivity index (χ4n) is 3.60. The summed E-state index contributed by atoms with van der Waals surface area (Å²) in [5.74, 6) is 0.185. The van der Waals surface area contributed by atoms with Gasteiger partial charge in [0, 0.05) is 39.9 Å². The number of H-pyrrole nitrogens is 1. The highest BCUT2D eigenvalue weighted by Gasteiger charge is 2.12. The second kappa shape index (κ2) is 9.71. The SMILES string of the molecule is Cc1ccc(Cl)cc1NC(=NCCc1c[nH]c2ccccc12)NC(=O)c1ccccc1C. The zero-order chi connectivity index (χ0) is 22.5. The number of aliphatic imine (C=N–C) groups is 1. The number of nitrogens with zero attached hydrogens (tertiary/aromatic N) is 1. The molecule has 0 bridgehead atoms. The number of nitrogens with one attached hydrogen (secondary N) is 3. The topological polar surface area (TPSA) is 69.3 Å². The Morgan fingerprint density at radius 2 is 1.78 bits per heavy atom. The van der Waals surface area contributed by atoms with Gasteiger partial charge in [0.1, 0.15) is 0 Å². The molecule has 0 aliphatic carbocycles. The minimum atomic E-state index is -0.207. The number of carbonyl (C=O) groups excluding carboxylic acids is 1. The van der Waals surface area contributed by atoms with E-state index in [1.54, 1.807) is 6.07 Å². The Morgan fingerprint density at radius 3 is 2.62 bits per heavy atom. The van der Waals surface area contributed by atoms with Crippen LogP contribution in [0.25, 0.3) is 10.9 Å². The number of aromatic amines is 1. The molecular weight excluding hydrogens is 420 g/mol. The Hall–Kier alpha value is -3.57. The highest BCUT2D eigenvalue weighted by molar-refractivity contribution is 6.31. The number of hydrogen-bond acceptors (Lipinski definition) is 2. The number of benzene rings is 3. The third-order valence-electron chi connectivity index (χ3n) is 5.40. The number of guanidine groups is 1. The van der Waals surface area contributed by atoms with Crippen LogP contribution >= 0.6 is 11.6 Å². The van der Waals surface area contributed by atoms with Crippen molar-refractivity contribution in [2.45, 2.75) is 20.3 Å². The highest BCUT2D eigenvalue weighted by atomic mass is 35.5. The molecular formula is C26H25ClN4O. The lowest BCUT2D eigenvalue weighted by molar-refractivity contribution is 0.0976. The van der Waals surface area contributed by atoms with Gasteiger partial charge in [-0.2, -0.15) is 0 Å². The number of aromatic nitrogens is 1. The summed E-state index contributed by atoms with van der Waals surface area (Å²) in [5.41, 5.74) is 5.61. The number of hydrogen-bond donors (Lipinski definition) is 3. The van der Waals surface area contributed by atoms with E-state index >= 15 is 0 Å². The molecule has 0 aliphatic heterocycles. The van der Waals surface area contributed by atoms with Crippen LogP contribution in [0, 0.1) is 13.8 Å². The summed E-state index contributed by atoms with van der Waals surface area (Å²) >= 11 is 6.18. The first kappa shape index (κ1) is 21.7. The van der Waals surface area contributed by atoms with Gasteiger partial charge in [0.05, 0.1) is 0 Å². The van der Waals surface area contributed by atoms with Crippen LogP contribution < -0.4 is 10.6 Å². The molecule has 0 atom stereocenters. The predicted octanol–water partition coefficient (Wildman–Crippen LogP) is 5.88. The van der Waals surface area contributed by atoms with Gasteiger partial charge in [-0.25, -0.2) is 0 Å². The number of halogens is 1. The molecule has 1 heterocycles. The van der Waals surface area contributed by atoms with E-state index in [0.717, 1.165) is 28.8 Å². The van der Waals surface area contributed by atoms with Crippen LogP contribution in [0.15, 0.2) is 77.9 Å². The summed E-state index contributed by atoms with van der Waals surface area (Å²) in [7, 11) is 0. The molecule has 0 unspecified atom stereocenters. The lowest BCUT2D eigenvalue weighted by Crippen LogP contribution is -2.36. The van der Waals surface area contributed by atoms with E-state index in [1.165, 1.54) is 10.9 Å². The van der Waals surface area contributed by atoms with Crippen LogP contribution in [0.3, 0.4) is 0 Å². The molecule has 0 saturated heterocycles. The summed E-state index contributed by atoms with van der Waals surface area (Å²) in [6.45, 7) is 4.40. The molecule has 6 heteroatoms. The fourth-order valence-corrected chi connectivity index (χ4v) is 3.77. The van der Waals surface area contributed by atoms with Crippen LogP contribution in [-0.2, 0) is 6.42 Å². The second-order valence-electron chi connectivity index (χ2n) is 7.69. The van der Waals surface area contributed by atoms with Gasteiger partial charge < -0.3 is 10.3 Å². The Balaban J connectivity index is 1.56. The summed E-state index contributed by atoms with van der Waals surface area (Å²) in [6, 6.07) is 21.3. The minimum Gasteiger partial charge on any atom is -0.361 e. The molecule has 1 amide bonds. The lowest BCUT2D eigenvalue weighted by Gasteiger charge is -2.14. The smallest absolute Gasteiger partial charge is 0.258 e. The number of rotatable bonds is 5. The molecule has 0 spiro atoms. The maximum atomic E-state index is 12.9. The van der Waals surface area contributed by atoms with Gasteiger partial charge in [0.15, 0.2) is 0 Å². The average molecular weight is 445 g/mol. The number of amides is 1.